The van der Waals surface area contributed by atoms with Crippen molar-refractivity contribution >= 4 is 15.9 Å². The van der Waals surface area contributed by atoms with E-state index in [-0.39, 0.29) is 9.89 Å². The highest BCUT2D eigenvalue weighted by molar-refractivity contribution is 9.10. The van der Waals surface area contributed by atoms with Crippen LogP contribution in [0.5, 0.6) is 0 Å². The van der Waals surface area contributed by atoms with E-state index in [9.17, 15) is 8.78 Å². The molecular weight excluding hydrogens is 288 g/mol. The first kappa shape index (κ1) is 13.0. The highest BCUT2D eigenvalue weighted by Gasteiger charge is 2.35. The van der Waals surface area contributed by atoms with Crippen LogP contribution in [0.4, 0.5) is 8.78 Å². The fourth-order valence-electron chi connectivity index (χ4n) is 2.75. The Morgan fingerprint density at radius 3 is 2.35 bits per heavy atom. The van der Waals surface area contributed by atoms with Gasteiger partial charge in [-0.15, -0.1) is 0 Å². The standard InChI is InChI=1S/C13H16BrF2N/c14-10-5-4-9(11(15)12(10)16)13(8-17)6-2-1-3-7-13/h4-5H,1-3,6-8,17H2. The van der Waals surface area contributed by atoms with Crippen molar-refractivity contribution in [2.75, 3.05) is 6.54 Å². The Balaban J connectivity index is 2.47. The van der Waals surface area contributed by atoms with Crippen molar-refractivity contribution in [3.63, 3.8) is 0 Å². The summed E-state index contributed by atoms with van der Waals surface area (Å²) in [7, 11) is 0. The van der Waals surface area contributed by atoms with Crippen molar-refractivity contribution in [3.05, 3.63) is 33.8 Å². The summed E-state index contributed by atoms with van der Waals surface area (Å²) in [4.78, 5) is 0. The molecule has 1 aliphatic carbocycles. The molecule has 1 fully saturated rings. The van der Waals surface area contributed by atoms with Gasteiger partial charge in [-0.25, -0.2) is 8.78 Å². The molecule has 0 aromatic heterocycles. The molecule has 0 heterocycles. The molecule has 2 rings (SSSR count). The molecule has 0 amide bonds. The van der Waals surface area contributed by atoms with E-state index in [1.54, 1.807) is 12.1 Å². The van der Waals surface area contributed by atoms with Crippen molar-refractivity contribution in [2.24, 2.45) is 5.73 Å². The molecule has 1 nitrogen and oxygen atoms in total. The van der Waals surface area contributed by atoms with Gasteiger partial charge in [0.15, 0.2) is 11.6 Å². The van der Waals surface area contributed by atoms with E-state index >= 15 is 0 Å². The quantitative estimate of drug-likeness (QED) is 0.824. The Bertz CT molecular complexity index is 414. The number of rotatable bonds is 2. The first-order chi connectivity index (χ1) is 8.10. The van der Waals surface area contributed by atoms with Crippen LogP contribution < -0.4 is 5.73 Å². The maximum Gasteiger partial charge on any atom is 0.173 e. The SMILES string of the molecule is NCC1(c2ccc(Br)c(F)c2F)CCCCC1. The molecule has 4 heteroatoms. The van der Waals surface area contributed by atoms with E-state index in [1.165, 1.54) is 0 Å². The first-order valence-corrected chi connectivity index (χ1v) is 6.74. The van der Waals surface area contributed by atoms with Gasteiger partial charge in [-0.05, 0) is 40.4 Å². The molecule has 17 heavy (non-hydrogen) atoms. The van der Waals surface area contributed by atoms with Crippen molar-refractivity contribution in [1.82, 2.24) is 0 Å². The van der Waals surface area contributed by atoms with Crippen LogP contribution in [0.15, 0.2) is 16.6 Å². The average molecular weight is 304 g/mol. The fourth-order valence-corrected chi connectivity index (χ4v) is 3.05. The molecule has 2 N–H and O–H groups in total. The lowest BCUT2D eigenvalue weighted by Gasteiger charge is -2.37. The van der Waals surface area contributed by atoms with E-state index in [1.807, 2.05) is 0 Å². The smallest absolute Gasteiger partial charge is 0.173 e. The van der Waals surface area contributed by atoms with Crippen molar-refractivity contribution in [3.8, 4) is 0 Å². The zero-order chi connectivity index (χ0) is 12.5. The zero-order valence-electron chi connectivity index (χ0n) is 9.61. The Hall–Kier alpha value is -0.480. The monoisotopic (exact) mass is 303 g/mol. The van der Waals surface area contributed by atoms with Crippen molar-refractivity contribution in [2.45, 2.75) is 37.5 Å². The van der Waals surface area contributed by atoms with Gasteiger partial charge in [0.05, 0.1) is 4.47 Å². The van der Waals surface area contributed by atoms with Crippen LogP contribution in [0.1, 0.15) is 37.7 Å². The minimum absolute atomic E-state index is 0.168. The maximum absolute atomic E-state index is 14.0. The van der Waals surface area contributed by atoms with Crippen LogP contribution >= 0.6 is 15.9 Å². The summed E-state index contributed by atoms with van der Waals surface area (Å²) < 4.78 is 27.8. The summed E-state index contributed by atoms with van der Waals surface area (Å²) in [6.07, 6.45) is 4.92. The average Bonchev–Trinajstić information content (AvgIpc) is 2.37. The van der Waals surface area contributed by atoms with E-state index in [2.05, 4.69) is 15.9 Å². The summed E-state index contributed by atoms with van der Waals surface area (Å²) in [5, 5.41) is 0. The summed E-state index contributed by atoms with van der Waals surface area (Å²) in [5.41, 5.74) is 5.90. The maximum atomic E-state index is 14.0. The van der Waals surface area contributed by atoms with Gasteiger partial charge >= 0.3 is 0 Å². The fraction of sp³-hybridized carbons (Fsp3) is 0.538. The summed E-state index contributed by atoms with van der Waals surface area (Å²) in [6.45, 7) is 0.380. The third kappa shape index (κ3) is 2.25. The highest BCUT2D eigenvalue weighted by atomic mass is 79.9. The number of benzene rings is 1. The second-order valence-corrected chi connectivity index (χ2v) is 5.62. The Labute approximate surface area is 109 Å². The topological polar surface area (TPSA) is 26.0 Å². The van der Waals surface area contributed by atoms with Gasteiger partial charge in [0.25, 0.3) is 0 Å². The molecule has 1 aromatic carbocycles. The molecule has 0 atom stereocenters. The van der Waals surface area contributed by atoms with E-state index in [0.717, 1.165) is 32.1 Å². The zero-order valence-corrected chi connectivity index (χ0v) is 11.2. The predicted octanol–water partition coefficient (Wildman–Crippen LogP) is 3.89. The van der Waals surface area contributed by atoms with Crippen LogP contribution in [-0.2, 0) is 5.41 Å². The minimum atomic E-state index is -0.805. The van der Waals surface area contributed by atoms with Gasteiger partial charge in [0, 0.05) is 12.0 Å². The largest absolute Gasteiger partial charge is 0.330 e. The van der Waals surface area contributed by atoms with Gasteiger partial charge < -0.3 is 5.73 Å². The second kappa shape index (κ2) is 5.02. The number of hydrogen-bond acceptors (Lipinski definition) is 1. The van der Waals surface area contributed by atoms with Crippen molar-refractivity contribution < 1.29 is 8.78 Å². The molecule has 0 aliphatic heterocycles. The van der Waals surface area contributed by atoms with E-state index in [0.29, 0.717) is 12.1 Å². The predicted molar refractivity (Wildman–Crippen MR) is 67.9 cm³/mol. The first-order valence-electron chi connectivity index (χ1n) is 5.95. The summed E-state index contributed by atoms with van der Waals surface area (Å²) in [5.74, 6) is -1.55. The summed E-state index contributed by atoms with van der Waals surface area (Å²) in [6, 6.07) is 3.24. The van der Waals surface area contributed by atoms with E-state index < -0.39 is 11.6 Å². The molecule has 1 aromatic rings. The van der Waals surface area contributed by atoms with Gasteiger partial charge in [-0.2, -0.15) is 0 Å². The van der Waals surface area contributed by atoms with Gasteiger partial charge in [0.1, 0.15) is 0 Å². The van der Waals surface area contributed by atoms with Crippen LogP contribution in [0.25, 0.3) is 0 Å². The number of halogens is 3. The Morgan fingerprint density at radius 2 is 1.76 bits per heavy atom. The van der Waals surface area contributed by atoms with Gasteiger partial charge in [-0.3, -0.25) is 0 Å². The molecule has 0 radical (unpaired) electrons. The molecule has 1 aliphatic rings. The lowest BCUT2D eigenvalue weighted by molar-refractivity contribution is 0.288. The second-order valence-electron chi connectivity index (χ2n) is 4.77. The molecule has 1 saturated carbocycles. The lowest BCUT2D eigenvalue weighted by atomic mass is 9.69. The number of nitrogens with two attached hydrogens (primary N) is 1. The molecular formula is C13H16BrF2N. The minimum Gasteiger partial charge on any atom is -0.330 e. The third-order valence-corrected chi connectivity index (χ3v) is 4.42. The van der Waals surface area contributed by atoms with Crippen LogP contribution in [0.2, 0.25) is 0 Å². The molecule has 0 unspecified atom stereocenters. The van der Waals surface area contributed by atoms with E-state index in [4.69, 9.17) is 5.73 Å². The highest BCUT2D eigenvalue weighted by Crippen LogP contribution is 2.40. The lowest BCUT2D eigenvalue weighted by Crippen LogP contribution is -2.38. The molecule has 0 saturated heterocycles. The third-order valence-electron chi connectivity index (χ3n) is 3.81. The van der Waals surface area contributed by atoms with Gasteiger partial charge in [0.2, 0.25) is 0 Å². The summed E-state index contributed by atoms with van der Waals surface area (Å²) >= 11 is 3.00. The molecule has 0 spiro atoms. The number of hydrogen-bond donors (Lipinski definition) is 1. The molecule has 94 valence electrons. The van der Waals surface area contributed by atoms with Crippen LogP contribution in [0, 0.1) is 11.6 Å². The normalized spacial score (nSPS) is 19.3. The Kier molecular flexibility index (Phi) is 3.83. The van der Waals surface area contributed by atoms with Crippen LogP contribution in [-0.4, -0.2) is 6.54 Å². The van der Waals surface area contributed by atoms with Crippen LogP contribution in [0.3, 0.4) is 0 Å². The van der Waals surface area contributed by atoms with Crippen molar-refractivity contribution in [1.29, 1.82) is 0 Å². The van der Waals surface area contributed by atoms with Gasteiger partial charge in [-0.1, -0.05) is 25.3 Å². The molecule has 0 bridgehead atoms. The Morgan fingerprint density at radius 1 is 1.12 bits per heavy atom.